The maximum absolute atomic E-state index is 12.7. The highest BCUT2D eigenvalue weighted by atomic mass is 16.4. The molecule has 4 nitrogen and oxygen atoms in total. The van der Waals surface area contributed by atoms with Gasteiger partial charge in [-0.15, -0.1) is 0 Å². The summed E-state index contributed by atoms with van der Waals surface area (Å²) < 4.78 is 0. The van der Waals surface area contributed by atoms with Crippen molar-refractivity contribution in [1.82, 2.24) is 0 Å². The van der Waals surface area contributed by atoms with Gasteiger partial charge in [-0.1, -0.05) is 25.0 Å². The first-order valence-electron chi connectivity index (χ1n) is 9.77. The summed E-state index contributed by atoms with van der Waals surface area (Å²) in [6, 6.07) is 0. The predicted molar refractivity (Wildman–Crippen MR) is 97.2 cm³/mol. The van der Waals surface area contributed by atoms with Crippen molar-refractivity contribution in [2.24, 2.45) is 23.2 Å². The molecule has 0 bridgehead atoms. The van der Waals surface area contributed by atoms with Crippen LogP contribution in [0.4, 0.5) is 0 Å². The number of rotatable bonds is 7. The summed E-state index contributed by atoms with van der Waals surface area (Å²) >= 11 is 0. The van der Waals surface area contributed by atoms with Crippen molar-refractivity contribution in [1.29, 1.82) is 0 Å². The van der Waals surface area contributed by atoms with Gasteiger partial charge in [0.25, 0.3) is 0 Å². The van der Waals surface area contributed by atoms with Crippen LogP contribution in [0.15, 0.2) is 12.2 Å². The lowest BCUT2D eigenvalue weighted by molar-refractivity contribution is -0.147. The van der Waals surface area contributed by atoms with Gasteiger partial charge in [0.15, 0.2) is 0 Å². The van der Waals surface area contributed by atoms with Gasteiger partial charge < -0.3 is 5.11 Å². The van der Waals surface area contributed by atoms with Crippen molar-refractivity contribution in [3.05, 3.63) is 12.2 Å². The summed E-state index contributed by atoms with van der Waals surface area (Å²) in [7, 11) is 0. The first-order chi connectivity index (χ1) is 11.8. The SMILES string of the molecule is CC(C)(CCCC1CCCC(C=CC2CCCC(=O)C2)C1=O)C(=O)O. The average Bonchev–Trinajstić information content (AvgIpc) is 2.55. The fourth-order valence-corrected chi connectivity index (χ4v) is 4.06. The van der Waals surface area contributed by atoms with Crippen molar-refractivity contribution >= 4 is 17.5 Å². The molecule has 3 unspecified atom stereocenters. The lowest BCUT2D eigenvalue weighted by atomic mass is 9.76. The summed E-state index contributed by atoms with van der Waals surface area (Å²) in [5, 5.41) is 9.18. The molecule has 3 atom stereocenters. The number of carboxylic acid groups (broad SMARTS) is 1. The normalized spacial score (nSPS) is 28.5. The molecule has 0 aromatic carbocycles. The van der Waals surface area contributed by atoms with Crippen molar-refractivity contribution in [2.75, 3.05) is 0 Å². The molecule has 2 fully saturated rings. The molecule has 0 aromatic heterocycles. The number of ketones is 2. The van der Waals surface area contributed by atoms with Gasteiger partial charge in [-0.05, 0) is 58.3 Å². The molecule has 0 radical (unpaired) electrons. The zero-order chi connectivity index (χ0) is 18.4. The molecule has 0 aliphatic heterocycles. The summed E-state index contributed by atoms with van der Waals surface area (Å²) in [5.74, 6) is 0.257. The van der Waals surface area contributed by atoms with Crippen LogP contribution < -0.4 is 0 Å². The van der Waals surface area contributed by atoms with E-state index in [9.17, 15) is 19.5 Å². The third kappa shape index (κ3) is 5.79. The molecule has 4 heteroatoms. The third-order valence-corrected chi connectivity index (χ3v) is 5.90. The molecular formula is C21H32O4. The summed E-state index contributed by atoms with van der Waals surface area (Å²) in [6.45, 7) is 3.49. The van der Waals surface area contributed by atoms with Crippen molar-refractivity contribution in [2.45, 2.75) is 78.1 Å². The van der Waals surface area contributed by atoms with Crippen LogP contribution in [0.1, 0.15) is 78.1 Å². The number of carboxylic acids is 1. The topological polar surface area (TPSA) is 71.4 Å². The van der Waals surface area contributed by atoms with E-state index in [1.807, 2.05) is 0 Å². The van der Waals surface area contributed by atoms with Crippen LogP contribution in [-0.4, -0.2) is 22.6 Å². The van der Waals surface area contributed by atoms with E-state index in [0.29, 0.717) is 36.7 Å². The highest BCUT2D eigenvalue weighted by Crippen LogP contribution is 2.33. The minimum absolute atomic E-state index is 0.0109. The number of hydrogen-bond acceptors (Lipinski definition) is 3. The number of hydrogen-bond donors (Lipinski definition) is 1. The third-order valence-electron chi connectivity index (χ3n) is 5.90. The van der Waals surface area contributed by atoms with E-state index in [2.05, 4.69) is 12.2 Å². The molecule has 25 heavy (non-hydrogen) atoms. The molecule has 0 spiro atoms. The number of carbonyl (C=O) groups is 3. The smallest absolute Gasteiger partial charge is 0.309 e. The molecule has 0 heterocycles. The first kappa shape index (κ1) is 19.9. The number of carbonyl (C=O) groups excluding carboxylic acids is 2. The second-order valence-corrected chi connectivity index (χ2v) is 8.50. The minimum atomic E-state index is -0.773. The van der Waals surface area contributed by atoms with Crippen molar-refractivity contribution in [3.8, 4) is 0 Å². The Bertz CT molecular complexity index is 532. The van der Waals surface area contributed by atoms with Crippen LogP contribution >= 0.6 is 0 Å². The highest BCUT2D eigenvalue weighted by Gasteiger charge is 2.31. The fourth-order valence-electron chi connectivity index (χ4n) is 4.06. The monoisotopic (exact) mass is 348 g/mol. The van der Waals surface area contributed by atoms with Gasteiger partial charge in [0.2, 0.25) is 0 Å². The first-order valence-corrected chi connectivity index (χ1v) is 9.77. The molecule has 2 saturated carbocycles. The Morgan fingerprint density at radius 2 is 1.92 bits per heavy atom. The number of allylic oxidation sites excluding steroid dienone is 2. The lowest BCUT2D eigenvalue weighted by Gasteiger charge is -2.27. The second-order valence-electron chi connectivity index (χ2n) is 8.50. The molecule has 2 aliphatic rings. The summed E-state index contributed by atoms with van der Waals surface area (Å²) in [6.07, 6.45) is 12.6. The Kier molecular flexibility index (Phi) is 6.97. The highest BCUT2D eigenvalue weighted by molar-refractivity contribution is 5.85. The Morgan fingerprint density at radius 3 is 2.60 bits per heavy atom. The second kappa shape index (κ2) is 8.77. The van der Waals surface area contributed by atoms with Gasteiger partial charge in [0.1, 0.15) is 11.6 Å². The van der Waals surface area contributed by atoms with Crippen molar-refractivity contribution < 1.29 is 19.5 Å². The number of aliphatic carboxylic acids is 1. The Hall–Kier alpha value is -1.45. The molecule has 2 aliphatic carbocycles. The van der Waals surface area contributed by atoms with Crippen LogP contribution in [0.3, 0.4) is 0 Å². The zero-order valence-corrected chi connectivity index (χ0v) is 15.6. The van der Waals surface area contributed by atoms with E-state index >= 15 is 0 Å². The van der Waals surface area contributed by atoms with Gasteiger partial charge in [0.05, 0.1) is 5.41 Å². The predicted octanol–water partition coefficient (Wildman–Crippen LogP) is 4.57. The largest absolute Gasteiger partial charge is 0.481 e. The van der Waals surface area contributed by atoms with E-state index in [1.165, 1.54) is 0 Å². The van der Waals surface area contributed by atoms with E-state index < -0.39 is 11.4 Å². The van der Waals surface area contributed by atoms with E-state index in [1.54, 1.807) is 13.8 Å². The van der Waals surface area contributed by atoms with Gasteiger partial charge in [0, 0.05) is 24.7 Å². The number of Topliss-reactive ketones (excluding diaryl/α,β-unsaturated/α-hetero) is 2. The molecule has 0 aromatic rings. The van der Waals surface area contributed by atoms with E-state index in [0.717, 1.165) is 44.9 Å². The lowest BCUT2D eigenvalue weighted by Crippen LogP contribution is -2.28. The van der Waals surface area contributed by atoms with Gasteiger partial charge >= 0.3 is 5.97 Å². The maximum Gasteiger partial charge on any atom is 0.309 e. The minimum Gasteiger partial charge on any atom is -0.481 e. The molecular weight excluding hydrogens is 316 g/mol. The van der Waals surface area contributed by atoms with Crippen LogP contribution in [0.2, 0.25) is 0 Å². The molecule has 0 saturated heterocycles. The van der Waals surface area contributed by atoms with E-state index in [-0.39, 0.29) is 11.8 Å². The van der Waals surface area contributed by atoms with Crippen LogP contribution in [0.25, 0.3) is 0 Å². The van der Waals surface area contributed by atoms with Gasteiger partial charge in [-0.2, -0.15) is 0 Å². The van der Waals surface area contributed by atoms with Crippen LogP contribution in [0, 0.1) is 23.2 Å². The molecule has 0 amide bonds. The summed E-state index contributed by atoms with van der Waals surface area (Å²) in [4.78, 5) is 35.4. The Morgan fingerprint density at radius 1 is 1.16 bits per heavy atom. The quantitative estimate of drug-likeness (QED) is 0.684. The maximum atomic E-state index is 12.7. The van der Waals surface area contributed by atoms with Gasteiger partial charge in [-0.25, -0.2) is 0 Å². The summed E-state index contributed by atoms with van der Waals surface area (Å²) in [5.41, 5.74) is -0.718. The molecule has 1 N–H and O–H groups in total. The molecule has 140 valence electrons. The van der Waals surface area contributed by atoms with Gasteiger partial charge in [-0.3, -0.25) is 14.4 Å². The van der Waals surface area contributed by atoms with E-state index in [4.69, 9.17) is 0 Å². The Balaban J connectivity index is 1.83. The standard InChI is InChI=1S/C21H32O4/c1-21(2,20(24)25)13-5-9-16-7-4-8-17(19(16)23)12-11-15-6-3-10-18(22)14-15/h11-12,15-17H,3-10,13-14H2,1-2H3,(H,24,25). The average molecular weight is 348 g/mol. The van der Waals surface area contributed by atoms with Crippen LogP contribution in [0.5, 0.6) is 0 Å². The molecule has 2 rings (SSSR count). The fraction of sp³-hybridized carbons (Fsp3) is 0.762. The zero-order valence-electron chi connectivity index (χ0n) is 15.6. The Labute approximate surface area is 151 Å². The van der Waals surface area contributed by atoms with Crippen LogP contribution in [-0.2, 0) is 14.4 Å². The van der Waals surface area contributed by atoms with Crippen molar-refractivity contribution in [3.63, 3.8) is 0 Å².